The minimum absolute atomic E-state index is 0. The van der Waals surface area contributed by atoms with Gasteiger partial charge in [-0.25, -0.2) is 9.78 Å². The van der Waals surface area contributed by atoms with Gasteiger partial charge >= 0.3 is 35.7 Å². The zero-order valence-electron chi connectivity index (χ0n) is 16.1. The first-order valence-electron chi connectivity index (χ1n) is 8.24. The molecule has 2 aliphatic heterocycles. The number of hydrogen-bond acceptors (Lipinski definition) is 12. The maximum Gasteiger partial charge on any atom is 1.00 e. The number of fused-ring (bicyclic) bond motifs is 1. The number of carbonyl (C=O) groups excluding carboxylic acids is 4. The van der Waals surface area contributed by atoms with Crippen LogP contribution in [0.2, 0.25) is 0 Å². The van der Waals surface area contributed by atoms with Crippen molar-refractivity contribution in [3.05, 3.63) is 22.3 Å². The fourth-order valence-electron chi connectivity index (χ4n) is 2.71. The second-order valence-corrected chi connectivity index (χ2v) is 7.92. The van der Waals surface area contributed by atoms with Crippen LogP contribution in [0.5, 0.6) is 0 Å². The van der Waals surface area contributed by atoms with E-state index in [2.05, 4.69) is 20.2 Å². The molecule has 1 fully saturated rings. The van der Waals surface area contributed by atoms with E-state index in [-0.39, 0.29) is 54.1 Å². The summed E-state index contributed by atoms with van der Waals surface area (Å²) in [5.41, 5.74) is 10.7. The Balaban J connectivity index is 0.00000341. The monoisotopic (exact) mass is 478 g/mol. The number of anilines is 1. The van der Waals surface area contributed by atoms with Crippen LogP contribution in [0.15, 0.2) is 21.8 Å². The predicted octanol–water partition coefficient (Wildman–Crippen LogP) is -5.27. The summed E-state index contributed by atoms with van der Waals surface area (Å²) in [5.74, 6) is -2.80. The number of nitrogens with one attached hydrogen (secondary N) is 1. The van der Waals surface area contributed by atoms with Gasteiger partial charge in [-0.15, -0.1) is 23.1 Å². The smallest absolute Gasteiger partial charge is 0.543 e. The molecule has 3 rings (SSSR count). The molecule has 1 unspecified atom stereocenters. The number of nitrogens with two attached hydrogens (primary N) is 2. The van der Waals surface area contributed by atoms with Crippen molar-refractivity contribution in [3.8, 4) is 0 Å². The van der Waals surface area contributed by atoms with Crippen molar-refractivity contribution in [1.82, 2.24) is 15.2 Å². The van der Waals surface area contributed by atoms with Crippen LogP contribution in [-0.4, -0.2) is 63.8 Å². The van der Waals surface area contributed by atoms with Gasteiger partial charge in [0.15, 0.2) is 11.7 Å². The van der Waals surface area contributed by atoms with E-state index < -0.39 is 41.0 Å². The molecule has 0 bridgehead atoms. The number of thioether (sulfide) groups is 1. The normalized spacial score (nSPS) is 19.9. The van der Waals surface area contributed by atoms with E-state index in [1.807, 2.05) is 0 Å². The number of nitrogens with zero attached hydrogens (tertiary/aromatic N) is 3. The van der Waals surface area contributed by atoms with Crippen molar-refractivity contribution < 1.29 is 63.4 Å². The minimum atomic E-state index is -1.60. The number of amides is 3. The molecule has 0 aliphatic carbocycles. The van der Waals surface area contributed by atoms with Crippen molar-refractivity contribution in [2.75, 3.05) is 18.1 Å². The van der Waals surface area contributed by atoms with Crippen LogP contribution in [0.1, 0.15) is 5.69 Å². The first kappa shape index (κ1) is 24.9. The van der Waals surface area contributed by atoms with E-state index >= 15 is 0 Å². The molecule has 5 N–H and O–H groups in total. The Kier molecular flexibility index (Phi) is 8.69. The molecule has 1 saturated heterocycles. The van der Waals surface area contributed by atoms with E-state index in [4.69, 9.17) is 16.3 Å². The number of rotatable bonds is 8. The summed E-state index contributed by atoms with van der Waals surface area (Å²) in [6.45, 7) is -0.365. The molecule has 1 aromatic rings. The number of β-lactam (4-membered cyclic amide) rings is 1. The molecule has 2 aliphatic rings. The third kappa shape index (κ3) is 5.88. The van der Waals surface area contributed by atoms with E-state index in [0.717, 1.165) is 11.1 Å². The number of thiazole rings is 1. The number of carboxylic acids is 1. The predicted molar refractivity (Wildman–Crippen MR) is 102 cm³/mol. The van der Waals surface area contributed by atoms with E-state index in [1.54, 1.807) is 5.38 Å². The third-order valence-electron chi connectivity index (χ3n) is 3.95. The standard InChI is InChI=1S/C15H16N6O7S2.Na/c16-14-19-7(5-30-14)3-28-18-1-8(22)20-9-11(23)21-10(13(24)25)6(2-27-15(17)26)4-29-12(9)21;/h1,5,9,12H,2-4H2,(H2,16,19)(H2,17,26)(H,20,22)(H,24,25);/q;+1/p-1/t9?,12-;/m0./s1. The van der Waals surface area contributed by atoms with E-state index in [0.29, 0.717) is 10.8 Å². The molecule has 2 atom stereocenters. The molecule has 16 heteroatoms. The van der Waals surface area contributed by atoms with Gasteiger partial charge in [0, 0.05) is 16.7 Å². The molecular formula is C15H15N6NaO7S2. The summed E-state index contributed by atoms with van der Waals surface area (Å²) in [4.78, 5) is 56.5. The van der Waals surface area contributed by atoms with Gasteiger partial charge in [0.1, 0.15) is 24.2 Å². The van der Waals surface area contributed by atoms with Crippen molar-refractivity contribution in [2.24, 2.45) is 10.9 Å². The first-order valence-corrected chi connectivity index (χ1v) is 10.2. The van der Waals surface area contributed by atoms with Gasteiger partial charge in [-0.3, -0.25) is 14.5 Å². The van der Waals surface area contributed by atoms with Gasteiger partial charge in [-0.2, -0.15) is 0 Å². The SMILES string of the molecule is NC(=O)OCC1=C(C(=O)[O-])N2C(=O)C(NC(=O)C=NOCc3csc(N)n3)[C@@H]2SC1.[Na+]. The number of carboxylic acid groups (broad SMARTS) is 1. The molecule has 0 radical (unpaired) electrons. The topological polar surface area (TPSA) is 202 Å². The van der Waals surface area contributed by atoms with Crippen LogP contribution in [0, 0.1) is 0 Å². The fraction of sp³-hybridized carbons (Fsp3) is 0.333. The minimum Gasteiger partial charge on any atom is -0.543 e. The van der Waals surface area contributed by atoms with Gasteiger partial charge < -0.3 is 36.3 Å². The summed E-state index contributed by atoms with van der Waals surface area (Å²) in [6, 6.07) is -0.958. The molecule has 0 spiro atoms. The van der Waals surface area contributed by atoms with Crippen LogP contribution in [0.3, 0.4) is 0 Å². The number of oxime groups is 1. The largest absolute Gasteiger partial charge is 1.00 e. The molecular weight excluding hydrogens is 463 g/mol. The molecule has 0 aromatic carbocycles. The number of ether oxygens (including phenoxy) is 1. The van der Waals surface area contributed by atoms with Crippen LogP contribution in [0.4, 0.5) is 9.93 Å². The first-order chi connectivity index (χ1) is 14.3. The summed E-state index contributed by atoms with van der Waals surface area (Å²) < 4.78 is 4.61. The second-order valence-electron chi connectivity index (χ2n) is 5.93. The number of primary amides is 1. The molecule has 3 amide bonds. The van der Waals surface area contributed by atoms with Crippen molar-refractivity contribution in [2.45, 2.75) is 18.0 Å². The van der Waals surface area contributed by atoms with Crippen molar-refractivity contribution in [3.63, 3.8) is 0 Å². The summed E-state index contributed by atoms with van der Waals surface area (Å²) >= 11 is 2.43. The molecule has 3 heterocycles. The summed E-state index contributed by atoms with van der Waals surface area (Å²) in [7, 11) is 0. The Morgan fingerprint density at radius 2 is 2.16 bits per heavy atom. The number of aromatic nitrogens is 1. The van der Waals surface area contributed by atoms with Crippen LogP contribution in [-0.2, 0) is 30.6 Å². The fourth-order valence-corrected chi connectivity index (χ4v) is 4.58. The average Bonchev–Trinajstić information content (AvgIpc) is 3.11. The zero-order chi connectivity index (χ0) is 21.8. The van der Waals surface area contributed by atoms with Gasteiger partial charge in [-0.1, -0.05) is 5.16 Å². The van der Waals surface area contributed by atoms with Crippen LogP contribution < -0.4 is 51.4 Å². The van der Waals surface area contributed by atoms with Crippen molar-refractivity contribution in [1.29, 1.82) is 0 Å². The summed E-state index contributed by atoms with van der Waals surface area (Å²) in [6.07, 6.45) is -0.229. The maximum atomic E-state index is 12.4. The number of nitrogen functional groups attached to an aromatic ring is 1. The quantitative estimate of drug-likeness (QED) is 0.140. The molecule has 1 aromatic heterocycles. The average molecular weight is 478 g/mol. The number of aliphatic carboxylic acids is 1. The van der Waals surface area contributed by atoms with Crippen LogP contribution in [0.25, 0.3) is 0 Å². The second kappa shape index (κ2) is 10.8. The zero-order valence-corrected chi connectivity index (χ0v) is 19.7. The Bertz CT molecular complexity index is 952. The van der Waals surface area contributed by atoms with Gasteiger partial charge in [0.2, 0.25) is 0 Å². The Labute approximate surface area is 205 Å². The van der Waals surface area contributed by atoms with Gasteiger partial charge in [-0.05, 0) is 0 Å². The van der Waals surface area contributed by atoms with Crippen molar-refractivity contribution >= 4 is 58.3 Å². The Morgan fingerprint density at radius 3 is 2.77 bits per heavy atom. The number of hydrogen-bond donors (Lipinski definition) is 3. The van der Waals surface area contributed by atoms with Crippen LogP contribution >= 0.6 is 23.1 Å². The number of carbonyl (C=O) groups is 4. The maximum absolute atomic E-state index is 12.4. The Hall–Kier alpha value is -2.33. The molecule has 31 heavy (non-hydrogen) atoms. The van der Waals surface area contributed by atoms with Gasteiger partial charge in [0.05, 0.1) is 17.4 Å². The molecule has 13 nitrogen and oxygen atoms in total. The molecule has 0 saturated carbocycles. The summed E-state index contributed by atoms with van der Waals surface area (Å²) in [5, 5.41) is 18.8. The van der Waals surface area contributed by atoms with E-state index in [1.165, 1.54) is 23.1 Å². The van der Waals surface area contributed by atoms with Gasteiger partial charge in [0.25, 0.3) is 11.8 Å². The Morgan fingerprint density at radius 1 is 1.42 bits per heavy atom. The van der Waals surface area contributed by atoms with E-state index in [9.17, 15) is 24.3 Å². The third-order valence-corrected chi connectivity index (χ3v) is 6.02. The molecule has 160 valence electrons.